The Morgan fingerprint density at radius 3 is 2.75 bits per heavy atom. The highest BCUT2D eigenvalue weighted by Crippen LogP contribution is 2.32. The number of aromatic nitrogens is 3. The van der Waals surface area contributed by atoms with Crippen molar-refractivity contribution in [3.8, 4) is 0 Å². The van der Waals surface area contributed by atoms with E-state index in [1.54, 1.807) is 12.4 Å². The standard InChI is InChI=1S/C20H29N7O/c1-13-3-5-14(6-4-13)25-20(28)15-9-16(21)17(22-2)10-18(15)26-7-8-27-19(11-26)23-12-24-27/h9-10,12-14,22H,3-8,11,21H2,1-2H3,(H,25,28)/t13-,14-. The molecule has 1 saturated carbocycles. The molecule has 1 amide bonds. The minimum absolute atomic E-state index is 0.0454. The Labute approximate surface area is 165 Å². The van der Waals surface area contributed by atoms with Gasteiger partial charge in [0.2, 0.25) is 0 Å². The molecule has 2 heterocycles. The average molecular weight is 384 g/mol. The van der Waals surface area contributed by atoms with Crippen LogP contribution in [0.2, 0.25) is 0 Å². The number of amides is 1. The van der Waals surface area contributed by atoms with E-state index in [4.69, 9.17) is 5.73 Å². The molecule has 0 saturated heterocycles. The predicted octanol–water partition coefficient (Wildman–Crippen LogP) is 2.23. The van der Waals surface area contributed by atoms with Crippen molar-refractivity contribution in [2.75, 3.05) is 29.5 Å². The number of hydrogen-bond acceptors (Lipinski definition) is 6. The molecule has 1 aromatic carbocycles. The van der Waals surface area contributed by atoms with Crippen LogP contribution in [-0.4, -0.2) is 40.3 Å². The van der Waals surface area contributed by atoms with Gasteiger partial charge in [-0.1, -0.05) is 6.92 Å². The summed E-state index contributed by atoms with van der Waals surface area (Å²) in [4.78, 5) is 19.7. The normalized spacial score (nSPS) is 21.9. The zero-order valence-corrected chi connectivity index (χ0v) is 16.6. The molecule has 0 radical (unpaired) electrons. The summed E-state index contributed by atoms with van der Waals surface area (Å²) in [5.74, 6) is 1.61. The van der Waals surface area contributed by atoms with Gasteiger partial charge in [-0.2, -0.15) is 5.10 Å². The number of fused-ring (bicyclic) bond motifs is 1. The lowest BCUT2D eigenvalue weighted by Gasteiger charge is -2.32. The summed E-state index contributed by atoms with van der Waals surface area (Å²) in [6, 6.07) is 4.01. The number of nitrogens with zero attached hydrogens (tertiary/aromatic N) is 4. The first-order valence-electron chi connectivity index (χ1n) is 10.1. The van der Waals surface area contributed by atoms with Crippen molar-refractivity contribution in [2.24, 2.45) is 5.92 Å². The van der Waals surface area contributed by atoms with E-state index in [9.17, 15) is 4.79 Å². The Kier molecular flexibility index (Phi) is 5.11. The molecular weight excluding hydrogens is 354 g/mol. The molecule has 0 spiro atoms. The molecule has 150 valence electrons. The third-order valence-electron chi connectivity index (χ3n) is 5.98. The van der Waals surface area contributed by atoms with Crippen molar-refractivity contribution in [3.05, 3.63) is 29.8 Å². The first-order chi connectivity index (χ1) is 13.5. The monoisotopic (exact) mass is 383 g/mol. The van der Waals surface area contributed by atoms with Crippen LogP contribution in [0.1, 0.15) is 48.8 Å². The summed E-state index contributed by atoms with van der Waals surface area (Å²) in [5.41, 5.74) is 9.11. The van der Waals surface area contributed by atoms with Crippen LogP contribution in [0.3, 0.4) is 0 Å². The average Bonchev–Trinajstić information content (AvgIpc) is 3.17. The second kappa shape index (κ2) is 7.69. The van der Waals surface area contributed by atoms with Gasteiger partial charge in [0.15, 0.2) is 0 Å². The number of nitrogens with two attached hydrogens (primary N) is 1. The fourth-order valence-electron chi connectivity index (χ4n) is 4.20. The van der Waals surface area contributed by atoms with E-state index in [-0.39, 0.29) is 11.9 Å². The molecule has 0 atom stereocenters. The van der Waals surface area contributed by atoms with Crippen LogP contribution in [0.4, 0.5) is 17.1 Å². The van der Waals surface area contributed by atoms with Crippen LogP contribution in [-0.2, 0) is 13.1 Å². The lowest BCUT2D eigenvalue weighted by molar-refractivity contribution is 0.0923. The van der Waals surface area contributed by atoms with Crippen molar-refractivity contribution in [1.29, 1.82) is 0 Å². The van der Waals surface area contributed by atoms with Crippen LogP contribution >= 0.6 is 0 Å². The Bertz CT molecular complexity index is 854. The van der Waals surface area contributed by atoms with E-state index in [0.29, 0.717) is 17.8 Å². The van der Waals surface area contributed by atoms with Crippen LogP contribution in [0, 0.1) is 5.92 Å². The molecule has 8 heteroatoms. The fraction of sp³-hybridized carbons (Fsp3) is 0.550. The molecule has 2 aromatic rings. The summed E-state index contributed by atoms with van der Waals surface area (Å²) in [5, 5.41) is 10.6. The number of nitrogen functional groups attached to an aromatic ring is 1. The number of rotatable bonds is 4. The molecule has 1 aromatic heterocycles. The highest BCUT2D eigenvalue weighted by molar-refractivity contribution is 6.02. The lowest BCUT2D eigenvalue weighted by atomic mass is 9.87. The highest BCUT2D eigenvalue weighted by atomic mass is 16.1. The smallest absolute Gasteiger partial charge is 0.253 e. The van der Waals surface area contributed by atoms with Crippen molar-refractivity contribution in [1.82, 2.24) is 20.1 Å². The van der Waals surface area contributed by atoms with Crippen molar-refractivity contribution >= 4 is 23.0 Å². The van der Waals surface area contributed by atoms with Crippen molar-refractivity contribution < 1.29 is 4.79 Å². The number of anilines is 3. The maximum atomic E-state index is 13.2. The van der Waals surface area contributed by atoms with Gasteiger partial charge in [-0.3, -0.25) is 4.79 Å². The minimum Gasteiger partial charge on any atom is -0.397 e. The Hall–Kier alpha value is -2.77. The van der Waals surface area contributed by atoms with Crippen LogP contribution in [0.25, 0.3) is 0 Å². The molecule has 4 N–H and O–H groups in total. The number of carbonyl (C=O) groups is 1. The van der Waals surface area contributed by atoms with Crippen LogP contribution in [0.5, 0.6) is 0 Å². The Morgan fingerprint density at radius 1 is 1.21 bits per heavy atom. The molecular formula is C20H29N7O. The quantitative estimate of drug-likeness (QED) is 0.700. The summed E-state index contributed by atoms with van der Waals surface area (Å²) < 4.78 is 1.91. The van der Waals surface area contributed by atoms with Gasteiger partial charge in [-0.05, 0) is 43.7 Å². The SMILES string of the molecule is CNc1cc(N2CCn3ncnc3C2)c(C(=O)N[C@H]2CC[C@H](C)CC2)cc1N. The lowest BCUT2D eigenvalue weighted by Crippen LogP contribution is -2.39. The van der Waals surface area contributed by atoms with Crippen molar-refractivity contribution in [2.45, 2.75) is 51.7 Å². The van der Waals surface area contributed by atoms with E-state index in [1.807, 2.05) is 17.8 Å². The molecule has 1 aliphatic heterocycles. The maximum Gasteiger partial charge on any atom is 0.253 e. The number of nitrogens with one attached hydrogen (secondary N) is 2. The second-order valence-electron chi connectivity index (χ2n) is 7.96. The zero-order valence-electron chi connectivity index (χ0n) is 16.6. The summed E-state index contributed by atoms with van der Waals surface area (Å²) in [6.07, 6.45) is 6.00. The first kappa shape index (κ1) is 18.6. The van der Waals surface area contributed by atoms with Crippen LogP contribution < -0.4 is 21.3 Å². The molecule has 1 fully saturated rings. The third-order valence-corrected chi connectivity index (χ3v) is 5.98. The molecule has 8 nitrogen and oxygen atoms in total. The van der Waals surface area contributed by atoms with E-state index >= 15 is 0 Å². The van der Waals surface area contributed by atoms with E-state index < -0.39 is 0 Å². The molecule has 1 aliphatic carbocycles. The van der Waals surface area contributed by atoms with Gasteiger partial charge in [-0.15, -0.1) is 0 Å². The highest BCUT2D eigenvalue weighted by Gasteiger charge is 2.26. The van der Waals surface area contributed by atoms with E-state index in [0.717, 1.165) is 49.0 Å². The van der Waals surface area contributed by atoms with Gasteiger partial charge in [0.25, 0.3) is 5.91 Å². The second-order valence-corrected chi connectivity index (χ2v) is 7.96. The summed E-state index contributed by atoms with van der Waals surface area (Å²) in [6.45, 7) is 4.41. The van der Waals surface area contributed by atoms with Gasteiger partial charge < -0.3 is 21.3 Å². The van der Waals surface area contributed by atoms with E-state index in [1.165, 1.54) is 12.8 Å². The zero-order chi connectivity index (χ0) is 19.7. The minimum atomic E-state index is -0.0454. The number of carbonyl (C=O) groups excluding carboxylic acids is 1. The molecule has 28 heavy (non-hydrogen) atoms. The molecule has 0 bridgehead atoms. The largest absolute Gasteiger partial charge is 0.397 e. The van der Waals surface area contributed by atoms with Gasteiger partial charge in [0, 0.05) is 19.6 Å². The van der Waals surface area contributed by atoms with Crippen LogP contribution in [0.15, 0.2) is 18.5 Å². The summed E-state index contributed by atoms with van der Waals surface area (Å²) in [7, 11) is 1.84. The predicted molar refractivity (Wildman–Crippen MR) is 110 cm³/mol. The Morgan fingerprint density at radius 2 is 2.00 bits per heavy atom. The van der Waals surface area contributed by atoms with Gasteiger partial charge in [0.05, 0.1) is 35.7 Å². The molecule has 0 unspecified atom stereocenters. The summed E-state index contributed by atoms with van der Waals surface area (Å²) >= 11 is 0. The molecule has 4 rings (SSSR count). The maximum absolute atomic E-state index is 13.2. The van der Waals surface area contributed by atoms with Crippen molar-refractivity contribution in [3.63, 3.8) is 0 Å². The topological polar surface area (TPSA) is 101 Å². The third kappa shape index (κ3) is 3.63. The Balaban J connectivity index is 1.61. The van der Waals surface area contributed by atoms with Gasteiger partial charge in [-0.25, -0.2) is 9.67 Å². The number of benzene rings is 1. The molecule has 2 aliphatic rings. The first-order valence-corrected chi connectivity index (χ1v) is 10.1. The fourth-order valence-corrected chi connectivity index (χ4v) is 4.20. The van der Waals surface area contributed by atoms with E-state index in [2.05, 4.69) is 32.5 Å². The number of hydrogen-bond donors (Lipinski definition) is 3. The van der Waals surface area contributed by atoms with Gasteiger partial charge >= 0.3 is 0 Å². The van der Waals surface area contributed by atoms with Gasteiger partial charge in [0.1, 0.15) is 12.2 Å².